The number of unbranched alkanes of at least 4 members (excludes halogenated alkanes) is 19. The molecule has 3 N–H and O–H groups in total. The second-order valence-electron chi connectivity index (χ2n) is 11.9. The second kappa shape index (κ2) is 30.6. The first kappa shape index (κ1) is 43.0. The largest absolute Gasteiger partial charge is 0.472 e. The van der Waals surface area contributed by atoms with Crippen molar-refractivity contribution in [1.82, 2.24) is 0 Å². The summed E-state index contributed by atoms with van der Waals surface area (Å²) >= 11 is 0. The van der Waals surface area contributed by atoms with Gasteiger partial charge in [-0.15, -0.1) is 0 Å². The van der Waals surface area contributed by atoms with Gasteiger partial charge in [0.15, 0.2) is 0 Å². The van der Waals surface area contributed by atoms with Crippen molar-refractivity contribution in [2.75, 3.05) is 26.4 Å². The standard InChI is InChI=1S/C33H65O10P/c1-3-5-7-8-9-10-11-12-13-14-15-16-17-18-19-20-21-22-23-25-33(37)43-31(27-35)29-41-44(38,39)40-28-30(26-34)42-32(36)24-6-4-2/h30-31,34-35H,3-29H2,1-2H3,(H,38,39). The molecular weight excluding hydrogens is 587 g/mol. The second-order valence-corrected chi connectivity index (χ2v) is 13.3. The van der Waals surface area contributed by atoms with Gasteiger partial charge in [0.1, 0.15) is 12.2 Å². The lowest BCUT2D eigenvalue weighted by Gasteiger charge is -2.20. The van der Waals surface area contributed by atoms with Crippen LogP contribution in [0.2, 0.25) is 0 Å². The summed E-state index contributed by atoms with van der Waals surface area (Å²) in [4.78, 5) is 33.7. The number of phosphoric acid groups is 1. The van der Waals surface area contributed by atoms with Crippen molar-refractivity contribution < 1.29 is 47.8 Å². The number of carbonyl (C=O) groups is 2. The summed E-state index contributed by atoms with van der Waals surface area (Å²) in [6, 6.07) is 0. The van der Waals surface area contributed by atoms with E-state index in [1.807, 2.05) is 6.92 Å². The van der Waals surface area contributed by atoms with Crippen LogP contribution in [-0.4, -0.2) is 65.7 Å². The Labute approximate surface area is 267 Å². The van der Waals surface area contributed by atoms with Gasteiger partial charge in [-0.25, -0.2) is 4.57 Å². The highest BCUT2D eigenvalue weighted by Gasteiger charge is 2.27. The Morgan fingerprint density at radius 1 is 0.523 bits per heavy atom. The number of hydrogen-bond acceptors (Lipinski definition) is 9. The van der Waals surface area contributed by atoms with Crippen molar-refractivity contribution in [2.24, 2.45) is 0 Å². The first-order valence-electron chi connectivity index (χ1n) is 17.5. The highest BCUT2D eigenvalue weighted by atomic mass is 31.2. The summed E-state index contributed by atoms with van der Waals surface area (Å²) in [6.07, 6.45) is 23.7. The summed E-state index contributed by atoms with van der Waals surface area (Å²) in [7, 11) is -4.60. The van der Waals surface area contributed by atoms with Gasteiger partial charge in [-0.1, -0.05) is 136 Å². The van der Waals surface area contributed by atoms with E-state index >= 15 is 0 Å². The van der Waals surface area contributed by atoms with Crippen molar-refractivity contribution >= 4 is 19.8 Å². The van der Waals surface area contributed by atoms with E-state index in [-0.39, 0.29) is 12.8 Å². The van der Waals surface area contributed by atoms with E-state index in [1.54, 1.807) is 0 Å². The van der Waals surface area contributed by atoms with Crippen LogP contribution in [0.5, 0.6) is 0 Å². The summed E-state index contributed by atoms with van der Waals surface area (Å²) in [6.45, 7) is 1.91. The van der Waals surface area contributed by atoms with Gasteiger partial charge < -0.3 is 24.6 Å². The lowest BCUT2D eigenvalue weighted by molar-refractivity contribution is -0.153. The van der Waals surface area contributed by atoms with Gasteiger partial charge in [-0.3, -0.25) is 18.6 Å². The van der Waals surface area contributed by atoms with Crippen molar-refractivity contribution in [1.29, 1.82) is 0 Å². The topological polar surface area (TPSA) is 149 Å². The van der Waals surface area contributed by atoms with Gasteiger partial charge >= 0.3 is 19.8 Å². The number of rotatable bonds is 33. The quantitative estimate of drug-likeness (QED) is 0.0362. The lowest BCUT2D eigenvalue weighted by atomic mass is 10.0. The van der Waals surface area contributed by atoms with Crippen molar-refractivity contribution in [3.05, 3.63) is 0 Å². The van der Waals surface area contributed by atoms with Crippen LogP contribution in [-0.2, 0) is 32.7 Å². The summed E-state index contributed by atoms with van der Waals surface area (Å²) in [5.74, 6) is -1.05. The molecule has 10 nitrogen and oxygen atoms in total. The zero-order chi connectivity index (χ0) is 32.7. The molecule has 0 aromatic carbocycles. The van der Waals surface area contributed by atoms with E-state index in [0.29, 0.717) is 12.8 Å². The molecule has 0 aliphatic heterocycles. The van der Waals surface area contributed by atoms with Crippen LogP contribution in [0.1, 0.15) is 162 Å². The van der Waals surface area contributed by atoms with Crippen LogP contribution in [0.15, 0.2) is 0 Å². The van der Waals surface area contributed by atoms with E-state index in [9.17, 15) is 29.3 Å². The molecule has 0 fully saturated rings. The number of aliphatic hydroxyl groups is 2. The fourth-order valence-electron chi connectivity index (χ4n) is 4.80. The van der Waals surface area contributed by atoms with E-state index in [1.165, 1.54) is 96.3 Å². The van der Waals surface area contributed by atoms with E-state index in [4.69, 9.17) is 18.5 Å². The van der Waals surface area contributed by atoms with Gasteiger partial charge in [-0.2, -0.15) is 0 Å². The maximum Gasteiger partial charge on any atom is 0.472 e. The van der Waals surface area contributed by atoms with Crippen LogP contribution in [0, 0.1) is 0 Å². The highest BCUT2D eigenvalue weighted by molar-refractivity contribution is 7.47. The Hall–Kier alpha value is -1.03. The van der Waals surface area contributed by atoms with Crippen LogP contribution < -0.4 is 0 Å². The van der Waals surface area contributed by atoms with Gasteiger partial charge in [0.05, 0.1) is 26.4 Å². The molecule has 0 spiro atoms. The van der Waals surface area contributed by atoms with Gasteiger partial charge in [0.2, 0.25) is 0 Å². The minimum Gasteiger partial charge on any atom is -0.457 e. The maximum atomic E-state index is 12.1. The Balaban J connectivity index is 3.77. The summed E-state index contributed by atoms with van der Waals surface area (Å²) in [5, 5.41) is 18.8. The molecule has 0 amide bonds. The predicted molar refractivity (Wildman–Crippen MR) is 173 cm³/mol. The maximum absolute atomic E-state index is 12.1. The van der Waals surface area contributed by atoms with Crippen LogP contribution in [0.25, 0.3) is 0 Å². The molecule has 11 heteroatoms. The fraction of sp³-hybridized carbons (Fsp3) is 0.939. The summed E-state index contributed by atoms with van der Waals surface area (Å²) in [5.41, 5.74) is 0. The SMILES string of the molecule is CCCCCCCCCCCCCCCCCCCCCC(=O)OC(CO)COP(=O)(O)OCC(CO)OC(=O)CCCC. The molecule has 0 bridgehead atoms. The number of esters is 2. The normalized spacial score (nSPS) is 14.2. The highest BCUT2D eigenvalue weighted by Crippen LogP contribution is 2.43. The number of carbonyl (C=O) groups excluding carboxylic acids is 2. The molecular formula is C33H65O10P. The molecule has 3 unspecified atom stereocenters. The summed E-state index contributed by atoms with van der Waals surface area (Å²) < 4.78 is 31.9. The monoisotopic (exact) mass is 652 g/mol. The van der Waals surface area contributed by atoms with Crippen LogP contribution >= 0.6 is 7.82 Å². The number of ether oxygens (including phenoxy) is 2. The third-order valence-electron chi connectivity index (χ3n) is 7.57. The molecule has 3 atom stereocenters. The molecule has 0 saturated heterocycles. The zero-order valence-corrected chi connectivity index (χ0v) is 28.8. The fourth-order valence-corrected chi connectivity index (χ4v) is 5.58. The van der Waals surface area contributed by atoms with E-state index in [0.717, 1.165) is 25.7 Å². The average Bonchev–Trinajstić information content (AvgIpc) is 3.01. The third kappa shape index (κ3) is 28.4. The minimum atomic E-state index is -4.60. The Bertz CT molecular complexity index is 721. The minimum absolute atomic E-state index is 0.170. The molecule has 0 aliphatic rings. The van der Waals surface area contributed by atoms with Crippen molar-refractivity contribution in [2.45, 2.75) is 174 Å². The molecule has 0 radical (unpaired) electrons. The molecule has 0 heterocycles. The number of aliphatic hydroxyl groups excluding tert-OH is 2. The smallest absolute Gasteiger partial charge is 0.457 e. The van der Waals surface area contributed by atoms with Crippen molar-refractivity contribution in [3.8, 4) is 0 Å². The Morgan fingerprint density at radius 3 is 1.14 bits per heavy atom. The molecule has 262 valence electrons. The first-order chi connectivity index (χ1) is 21.3. The molecule has 0 aromatic heterocycles. The lowest BCUT2D eigenvalue weighted by Crippen LogP contribution is -2.28. The Morgan fingerprint density at radius 2 is 0.818 bits per heavy atom. The average molecular weight is 653 g/mol. The van der Waals surface area contributed by atoms with Gasteiger partial charge in [0, 0.05) is 12.8 Å². The van der Waals surface area contributed by atoms with Gasteiger partial charge in [-0.05, 0) is 12.8 Å². The number of hydrogen-bond donors (Lipinski definition) is 3. The molecule has 44 heavy (non-hydrogen) atoms. The molecule has 0 aliphatic carbocycles. The zero-order valence-electron chi connectivity index (χ0n) is 27.9. The van der Waals surface area contributed by atoms with E-state index in [2.05, 4.69) is 6.92 Å². The molecule has 0 saturated carbocycles. The van der Waals surface area contributed by atoms with E-state index < -0.39 is 58.4 Å². The molecule has 0 aromatic rings. The first-order valence-corrected chi connectivity index (χ1v) is 19.0. The van der Waals surface area contributed by atoms with Crippen LogP contribution in [0.4, 0.5) is 0 Å². The van der Waals surface area contributed by atoms with Crippen molar-refractivity contribution in [3.63, 3.8) is 0 Å². The Kier molecular flexibility index (Phi) is 29.9. The third-order valence-corrected chi connectivity index (χ3v) is 8.52. The molecule has 0 rings (SSSR count). The predicted octanol–water partition coefficient (Wildman–Crippen LogP) is 7.94. The number of phosphoric ester groups is 1. The van der Waals surface area contributed by atoms with Gasteiger partial charge in [0.25, 0.3) is 0 Å². The van der Waals surface area contributed by atoms with Crippen LogP contribution in [0.3, 0.4) is 0 Å².